The van der Waals surface area contributed by atoms with Crippen LogP contribution >= 0.6 is 11.8 Å². The molecule has 1 aromatic rings. The highest BCUT2D eigenvalue weighted by Crippen LogP contribution is 2.21. The topological polar surface area (TPSA) is 46.9 Å². The number of aryl methyl sites for hydroxylation is 2. The first-order valence-electron chi connectivity index (χ1n) is 6.24. The predicted octanol–water partition coefficient (Wildman–Crippen LogP) is 2.75. The zero-order valence-corrected chi connectivity index (χ0v) is 12.9. The molecule has 1 atom stereocenters. The van der Waals surface area contributed by atoms with Crippen LogP contribution in [0.4, 0.5) is 5.69 Å². The van der Waals surface area contributed by atoms with E-state index in [4.69, 9.17) is 0 Å². The van der Waals surface area contributed by atoms with Crippen molar-refractivity contribution < 1.29 is 4.79 Å². The minimum atomic E-state index is 0.0479. The first-order chi connectivity index (χ1) is 8.32. The summed E-state index contributed by atoms with van der Waals surface area (Å²) in [6, 6.07) is 0. The fourth-order valence-electron chi connectivity index (χ4n) is 1.53. The molecule has 1 rings (SSSR count). The van der Waals surface area contributed by atoms with Crippen LogP contribution < -0.4 is 5.32 Å². The number of amides is 1. The first-order valence-corrected chi connectivity index (χ1v) is 7.29. The van der Waals surface area contributed by atoms with E-state index < -0.39 is 0 Å². The molecule has 0 saturated carbocycles. The minimum absolute atomic E-state index is 0.0479. The summed E-state index contributed by atoms with van der Waals surface area (Å²) < 4.78 is 1.79. The number of anilines is 1. The van der Waals surface area contributed by atoms with Crippen LogP contribution in [0.3, 0.4) is 0 Å². The standard InChI is InChI=1S/C13H23N3OS/c1-8(2)11(5)18-7-12(17)14-13-9(3)15-16(6)10(13)4/h8,11H,7H2,1-6H3,(H,14,17). The molecule has 0 saturated heterocycles. The molecule has 0 aliphatic rings. The van der Waals surface area contributed by atoms with Gasteiger partial charge >= 0.3 is 0 Å². The number of nitrogens with zero attached hydrogens (tertiary/aromatic N) is 2. The third-order valence-corrected chi connectivity index (χ3v) is 4.69. The van der Waals surface area contributed by atoms with Crippen LogP contribution in [0, 0.1) is 19.8 Å². The Morgan fingerprint density at radius 3 is 2.44 bits per heavy atom. The van der Waals surface area contributed by atoms with Crippen molar-refractivity contribution in [3.8, 4) is 0 Å². The first kappa shape index (κ1) is 15.1. The van der Waals surface area contributed by atoms with Gasteiger partial charge in [0.25, 0.3) is 0 Å². The average Bonchev–Trinajstić information content (AvgIpc) is 2.52. The summed E-state index contributed by atoms with van der Waals surface area (Å²) in [5.74, 6) is 1.13. The van der Waals surface area contributed by atoms with Crippen molar-refractivity contribution in [2.45, 2.75) is 39.9 Å². The van der Waals surface area contributed by atoms with Gasteiger partial charge in [0, 0.05) is 12.3 Å². The highest BCUT2D eigenvalue weighted by molar-refractivity contribution is 8.00. The summed E-state index contributed by atoms with van der Waals surface area (Å²) in [6.07, 6.45) is 0. The van der Waals surface area contributed by atoms with E-state index in [2.05, 4.69) is 31.2 Å². The molecular formula is C13H23N3OS. The molecule has 1 aromatic heterocycles. The van der Waals surface area contributed by atoms with Gasteiger partial charge in [-0.05, 0) is 19.8 Å². The summed E-state index contributed by atoms with van der Waals surface area (Å²) in [7, 11) is 1.88. The maximum Gasteiger partial charge on any atom is 0.234 e. The number of hydrogen-bond acceptors (Lipinski definition) is 3. The van der Waals surface area contributed by atoms with Gasteiger partial charge in [-0.25, -0.2) is 0 Å². The number of nitrogens with one attached hydrogen (secondary N) is 1. The second-order valence-corrected chi connectivity index (χ2v) is 6.34. The smallest absolute Gasteiger partial charge is 0.234 e. The van der Waals surface area contributed by atoms with Gasteiger partial charge in [-0.15, -0.1) is 11.8 Å². The fourth-order valence-corrected chi connectivity index (χ4v) is 2.40. The lowest BCUT2D eigenvalue weighted by atomic mass is 10.2. The van der Waals surface area contributed by atoms with Crippen molar-refractivity contribution in [1.82, 2.24) is 9.78 Å². The molecular weight excluding hydrogens is 246 g/mol. The minimum Gasteiger partial charge on any atom is -0.322 e. The van der Waals surface area contributed by atoms with Crippen LogP contribution in [0.1, 0.15) is 32.2 Å². The van der Waals surface area contributed by atoms with Crippen LogP contribution in [-0.4, -0.2) is 26.7 Å². The third-order valence-electron chi connectivity index (χ3n) is 3.19. The van der Waals surface area contributed by atoms with Gasteiger partial charge in [0.15, 0.2) is 0 Å². The third kappa shape index (κ3) is 3.77. The summed E-state index contributed by atoms with van der Waals surface area (Å²) in [6.45, 7) is 10.4. The van der Waals surface area contributed by atoms with E-state index in [-0.39, 0.29) is 5.91 Å². The van der Waals surface area contributed by atoms with Crippen molar-refractivity contribution in [3.05, 3.63) is 11.4 Å². The second-order valence-electron chi connectivity index (χ2n) is 4.98. The Kier molecular flexibility index (Phi) is 5.26. The van der Waals surface area contributed by atoms with Gasteiger partial charge in [0.1, 0.15) is 0 Å². The summed E-state index contributed by atoms with van der Waals surface area (Å²) in [5.41, 5.74) is 2.70. The van der Waals surface area contributed by atoms with Crippen LogP contribution in [0.15, 0.2) is 0 Å². The number of thioether (sulfide) groups is 1. The zero-order chi connectivity index (χ0) is 13.9. The Balaban J connectivity index is 2.55. The molecule has 4 nitrogen and oxygen atoms in total. The van der Waals surface area contributed by atoms with Crippen molar-refractivity contribution in [2.75, 3.05) is 11.1 Å². The molecule has 0 aromatic carbocycles. The molecule has 0 bridgehead atoms. The van der Waals surface area contributed by atoms with Crippen molar-refractivity contribution in [3.63, 3.8) is 0 Å². The molecule has 0 aliphatic carbocycles. The van der Waals surface area contributed by atoms with Gasteiger partial charge < -0.3 is 5.32 Å². The van der Waals surface area contributed by atoms with Gasteiger partial charge in [0.2, 0.25) is 5.91 Å². The predicted molar refractivity (Wildman–Crippen MR) is 78.1 cm³/mol. The molecule has 0 fully saturated rings. The van der Waals surface area contributed by atoms with Crippen LogP contribution in [0.5, 0.6) is 0 Å². The number of carbonyl (C=O) groups excluding carboxylic acids is 1. The molecule has 1 amide bonds. The lowest BCUT2D eigenvalue weighted by molar-refractivity contribution is -0.113. The number of hydrogen-bond donors (Lipinski definition) is 1. The van der Waals surface area contributed by atoms with Crippen molar-refractivity contribution in [2.24, 2.45) is 13.0 Å². The second kappa shape index (κ2) is 6.27. The molecule has 1 unspecified atom stereocenters. The largest absolute Gasteiger partial charge is 0.322 e. The van der Waals surface area contributed by atoms with Gasteiger partial charge in [-0.3, -0.25) is 9.48 Å². The monoisotopic (exact) mass is 269 g/mol. The normalized spacial score (nSPS) is 12.8. The molecule has 102 valence electrons. The highest BCUT2D eigenvalue weighted by atomic mass is 32.2. The van der Waals surface area contributed by atoms with Crippen LogP contribution in [-0.2, 0) is 11.8 Å². The Morgan fingerprint density at radius 1 is 1.39 bits per heavy atom. The van der Waals surface area contributed by atoms with Gasteiger partial charge in [0.05, 0.1) is 22.8 Å². The van der Waals surface area contributed by atoms with E-state index in [0.717, 1.165) is 17.1 Å². The molecule has 1 N–H and O–H groups in total. The summed E-state index contributed by atoms with van der Waals surface area (Å²) in [4.78, 5) is 11.9. The SMILES string of the molecule is Cc1nn(C)c(C)c1NC(=O)CSC(C)C(C)C. The maximum atomic E-state index is 11.9. The Hall–Kier alpha value is -0.970. The van der Waals surface area contributed by atoms with Crippen molar-refractivity contribution in [1.29, 1.82) is 0 Å². The molecule has 0 radical (unpaired) electrons. The van der Waals surface area contributed by atoms with E-state index in [1.807, 2.05) is 20.9 Å². The quantitative estimate of drug-likeness (QED) is 0.894. The van der Waals surface area contributed by atoms with E-state index >= 15 is 0 Å². The Bertz CT molecular complexity index is 426. The lowest BCUT2D eigenvalue weighted by Gasteiger charge is -2.14. The van der Waals surface area contributed by atoms with Crippen molar-refractivity contribution >= 4 is 23.4 Å². The molecule has 0 spiro atoms. The van der Waals surface area contributed by atoms with E-state index in [1.54, 1.807) is 16.4 Å². The molecule has 18 heavy (non-hydrogen) atoms. The molecule has 0 aliphatic heterocycles. The Labute approximate surface area is 114 Å². The van der Waals surface area contributed by atoms with Crippen LogP contribution in [0.2, 0.25) is 0 Å². The highest BCUT2D eigenvalue weighted by Gasteiger charge is 2.14. The Morgan fingerprint density at radius 2 is 2.00 bits per heavy atom. The zero-order valence-electron chi connectivity index (χ0n) is 12.1. The number of carbonyl (C=O) groups is 1. The average molecular weight is 269 g/mol. The molecule has 1 heterocycles. The number of aromatic nitrogens is 2. The summed E-state index contributed by atoms with van der Waals surface area (Å²) in [5, 5.41) is 7.73. The van der Waals surface area contributed by atoms with E-state index in [9.17, 15) is 4.79 Å². The van der Waals surface area contributed by atoms with E-state index in [0.29, 0.717) is 16.9 Å². The van der Waals surface area contributed by atoms with Crippen LogP contribution in [0.25, 0.3) is 0 Å². The van der Waals surface area contributed by atoms with Gasteiger partial charge in [-0.2, -0.15) is 5.10 Å². The maximum absolute atomic E-state index is 11.9. The molecule has 5 heteroatoms. The number of rotatable bonds is 5. The van der Waals surface area contributed by atoms with E-state index in [1.165, 1.54) is 0 Å². The lowest BCUT2D eigenvalue weighted by Crippen LogP contribution is -2.18. The van der Waals surface area contributed by atoms with Gasteiger partial charge in [-0.1, -0.05) is 20.8 Å². The summed E-state index contributed by atoms with van der Waals surface area (Å²) >= 11 is 1.69. The fraction of sp³-hybridized carbons (Fsp3) is 0.692.